The van der Waals surface area contributed by atoms with Crippen LogP contribution in [0.2, 0.25) is 0 Å². The summed E-state index contributed by atoms with van der Waals surface area (Å²) in [5, 5.41) is 71.7. The first-order chi connectivity index (χ1) is 78.6. The number of aliphatic hydroxyl groups is 6. The number of nitrogens with zero attached hydrogens (tertiary/aromatic N) is 6. The fraction of sp³-hybridized carbons (Fsp3) is 0.611. The number of likely N-dealkylation sites (N-methyl/N-ethyl adjacent to an activating group) is 6. The van der Waals surface area contributed by atoms with Crippen LogP contribution < -0.4 is 56.8 Å². The summed E-state index contributed by atoms with van der Waals surface area (Å²) in [7, 11) is 3.22. The van der Waals surface area contributed by atoms with Crippen LogP contribution in [0.3, 0.4) is 0 Å². The van der Waals surface area contributed by atoms with Crippen molar-refractivity contribution in [2.24, 2.45) is 0 Å². The summed E-state index contributed by atoms with van der Waals surface area (Å²) in [5.74, 6) is -4.19. The lowest BCUT2D eigenvalue weighted by atomic mass is 9.49. The lowest BCUT2D eigenvalue weighted by Gasteiger charge is -2.62. The number of carbonyl (C=O) groups excluding carboxylic acids is 6. The molecule has 732 valence electrons. The number of methoxy groups -OCH3 is 6. The van der Waals surface area contributed by atoms with E-state index < -0.39 is 254 Å². The third kappa shape index (κ3) is 10.5. The third-order valence-electron chi connectivity index (χ3n) is 36.3. The minimum Gasteiger partial charge on any atom is -0.493 e. The Morgan fingerprint density at radius 1 is 0.290 bits per heavy atom. The van der Waals surface area contributed by atoms with Crippen molar-refractivity contribution in [2.75, 3.05) is 124 Å². The van der Waals surface area contributed by atoms with Crippen molar-refractivity contribution < 1.29 is 161 Å². The van der Waals surface area contributed by atoms with Gasteiger partial charge in [0.2, 0.25) is 0 Å². The zero-order valence-electron chi connectivity index (χ0n) is 110. The molecular formula is C108H126N6O24. The molecule has 6 aromatic carbocycles. The van der Waals surface area contributed by atoms with Gasteiger partial charge in [-0.15, -0.1) is 0 Å². The maximum Gasteiger partial charge on any atom is 0.174 e. The molecule has 0 aromatic heterocycles. The highest BCUT2D eigenvalue weighted by Gasteiger charge is 2.80. The van der Waals surface area contributed by atoms with Crippen LogP contribution in [0.25, 0.3) is 0 Å². The topological polar surface area (TPSA) is 354 Å². The summed E-state index contributed by atoms with van der Waals surface area (Å²) < 4.78 is 337. The lowest BCUT2D eigenvalue weighted by molar-refractivity contribution is -0.185. The molecule has 0 amide bonds. The van der Waals surface area contributed by atoms with Crippen LogP contribution in [0.4, 0.5) is 0 Å². The van der Waals surface area contributed by atoms with E-state index in [-0.39, 0.29) is 158 Å². The second-order valence-corrected chi connectivity index (χ2v) is 41.2. The number of rotatable bonds is 6. The van der Waals surface area contributed by atoms with E-state index in [2.05, 4.69) is 0 Å². The van der Waals surface area contributed by atoms with Crippen molar-refractivity contribution in [3.63, 3.8) is 0 Å². The number of hydrogen-bond acceptors (Lipinski definition) is 30. The van der Waals surface area contributed by atoms with E-state index >= 15 is 0 Å². The molecule has 12 aliphatic carbocycles. The Hall–Kier alpha value is -9.54. The van der Waals surface area contributed by atoms with Gasteiger partial charge in [0.15, 0.2) is 140 Å². The van der Waals surface area contributed by atoms with Crippen LogP contribution in [0.15, 0.2) is 72.8 Å². The summed E-state index contributed by atoms with van der Waals surface area (Å²) >= 11 is 0. The Morgan fingerprint density at radius 3 is 0.746 bits per heavy atom. The van der Waals surface area contributed by atoms with Gasteiger partial charge in [0.1, 0.15) is 0 Å². The first-order valence-corrected chi connectivity index (χ1v) is 46.9. The van der Waals surface area contributed by atoms with Crippen molar-refractivity contribution in [1.29, 1.82) is 0 Å². The number of carbonyl (C=O) groups is 6. The van der Waals surface area contributed by atoms with Gasteiger partial charge in [0.25, 0.3) is 0 Å². The Morgan fingerprint density at radius 2 is 0.500 bits per heavy atom. The van der Waals surface area contributed by atoms with Gasteiger partial charge in [0.05, 0.1) is 129 Å². The van der Waals surface area contributed by atoms with Gasteiger partial charge in [-0.2, -0.15) is 0 Å². The van der Waals surface area contributed by atoms with Crippen molar-refractivity contribution in [3.8, 4) is 69.0 Å². The summed E-state index contributed by atoms with van der Waals surface area (Å²) in [4.78, 5) is 88.2. The Balaban J connectivity index is 0.000000103. The third-order valence-corrected chi connectivity index (χ3v) is 36.3. The van der Waals surface area contributed by atoms with Gasteiger partial charge < -0.3 is 117 Å². The largest absolute Gasteiger partial charge is 0.493 e. The van der Waals surface area contributed by atoms with E-state index in [0.717, 1.165) is 16.0 Å². The van der Waals surface area contributed by atoms with Crippen molar-refractivity contribution in [2.45, 2.75) is 293 Å². The van der Waals surface area contributed by atoms with Crippen LogP contribution in [0.1, 0.15) is 227 Å². The average molecular weight is 1930 g/mol. The lowest BCUT2D eigenvalue weighted by Crippen LogP contribution is -2.76. The number of piperidine rings is 6. The summed E-state index contributed by atoms with van der Waals surface area (Å²) in [6, 6.07) is 14.2. The summed E-state index contributed by atoms with van der Waals surface area (Å²) in [5.41, 5.74) is -13.6. The van der Waals surface area contributed by atoms with Crippen LogP contribution in [-0.4, -0.2) is 325 Å². The number of hydrogen-bond donors (Lipinski definition) is 6. The van der Waals surface area contributed by atoms with Gasteiger partial charge in [-0.25, -0.2) is 0 Å². The maximum absolute atomic E-state index is 13.2. The Kier molecular flexibility index (Phi) is 13.2. The van der Waals surface area contributed by atoms with Gasteiger partial charge in [0, 0.05) is 133 Å². The molecule has 6 spiro atoms. The maximum atomic E-state index is 13.2. The first kappa shape index (κ1) is 60.7. The zero-order valence-corrected chi connectivity index (χ0v) is 76.6. The normalized spacial score (nSPS) is 49.9. The Bertz CT molecular complexity index is 7940. The SMILES string of the molecule is [2H]C([2H])([2H])Oc1ccc2c3c1OC1([2H])C(=O)C([2H])([2H])C[C@@]4(O)[C@@H](C2)N(C([2H])([2H])[2H])CC[C@]314.[2H]C([2H])([2H])Oc1ccc2c3c1OC1([2H])C(=O)C([2H])([2H])C[C@@]4(O)[C@@H](C2)N(C)CC[C@]314.[2H]C([2H])([2H])Oc1ccc2c3c1OC1([2H])C(=O)CC[C@@]4(O)[C@H](N(C)CC[C@]314)C2([2H])[2H].[2H]C1([2H])C[C@@]2(O)[C@H]3Cc4ccc(OC)c5c4[C@@]2(CCN3C([2H])([2H])[2H])C([2H])(O5)C1=O.[2H]C1([2H])C[C@@]2(O)[C@H]3Cc4ccc(OC)c5c4[C@@]2(CCN3C)C([2H])(O5)C1=O.[2H]C1([2H])c2ccc(OC)c3c2[C@]24CCN(C)[C@H]1[C@]2(O)CCC(=O)C4([2H])O3. The monoisotopic (exact) mass is 1920 g/mol. The predicted octanol–water partition coefficient (Wildman–Crippen LogP) is 6.29. The highest BCUT2D eigenvalue weighted by atomic mass is 16.6. The molecule has 0 radical (unpaired) electrons. The molecule has 24 aliphatic rings. The number of benzene rings is 6. The second-order valence-electron chi connectivity index (χ2n) is 41.2. The molecular weight excluding hydrogens is 1770 g/mol. The smallest absolute Gasteiger partial charge is 0.174 e. The van der Waals surface area contributed by atoms with Gasteiger partial charge in [-0.05, 0) is 267 Å². The number of Topliss-reactive ketones (excluding diaryl/α,β-unsaturated/α-hetero) is 6. The standard InChI is InChI=1S/6C18H21NO4/c6*1-19-8-7-17-14-10-3-4-12(22-2)15(14)23-16(17)11(20)5-6-18(17,21)13(19)9-10/h6*3-4,13,16,21H,5-9H2,1-2H3/t6*13-,16?,17+,18-/m111111/s1/i1D3,2D3,5D2,16D;2D3,9D2,16D;2D3,5D2,16D;1D3,5D2,16D;9D2,16D;5D2,16D. The molecule has 6 unspecified atom stereocenters. The number of ketones is 6. The van der Waals surface area contributed by atoms with Crippen LogP contribution >= 0.6 is 0 Å². The minimum atomic E-state index is -2.86. The molecule has 138 heavy (non-hydrogen) atoms. The van der Waals surface area contributed by atoms with Gasteiger partial charge in [-0.3, -0.25) is 28.8 Å². The number of ether oxygens (including phenoxy) is 12. The molecule has 6 saturated heterocycles. The van der Waals surface area contributed by atoms with Crippen molar-refractivity contribution in [3.05, 3.63) is 140 Å². The minimum absolute atomic E-state index is 0.00324. The molecule has 12 aliphatic heterocycles. The van der Waals surface area contributed by atoms with E-state index in [1.807, 2.05) is 34.9 Å². The molecule has 12 bridgehead atoms. The van der Waals surface area contributed by atoms with E-state index in [1.165, 1.54) is 56.6 Å². The van der Waals surface area contributed by atoms with E-state index in [1.54, 1.807) is 55.4 Å². The molecule has 24 atom stereocenters. The molecule has 6 saturated carbocycles. The molecule has 30 heteroatoms. The van der Waals surface area contributed by atoms with Crippen molar-refractivity contribution in [1.82, 2.24) is 29.4 Å². The predicted molar refractivity (Wildman–Crippen MR) is 498 cm³/mol. The molecule has 30 nitrogen and oxygen atoms in total. The molecule has 6 aromatic rings. The molecule has 30 rings (SSSR count). The van der Waals surface area contributed by atoms with E-state index in [4.69, 9.17) is 102 Å². The van der Waals surface area contributed by atoms with Gasteiger partial charge >= 0.3 is 0 Å². The van der Waals surface area contributed by atoms with Crippen LogP contribution in [0, 0.1) is 0 Å². The average Bonchev–Trinajstić information content (AvgIpc) is 1.52. The highest BCUT2D eigenvalue weighted by molar-refractivity contribution is 5.95. The second kappa shape index (κ2) is 30.0. The van der Waals surface area contributed by atoms with Crippen molar-refractivity contribution >= 4 is 34.7 Å². The molecule has 6 N–H and O–H groups in total. The Labute approximate surface area is 848 Å². The number of likely N-dealkylation sites (tertiary alicyclic amines) is 6. The fourth-order valence-electron chi connectivity index (χ4n) is 30.1. The van der Waals surface area contributed by atoms with Gasteiger partial charge in [-0.1, -0.05) is 36.4 Å². The first-order valence-electron chi connectivity index (χ1n) is 63.4. The van der Waals surface area contributed by atoms with Crippen LogP contribution in [-0.2, 0) is 99.7 Å². The fourth-order valence-corrected chi connectivity index (χ4v) is 30.1. The molecule has 12 heterocycles. The highest BCUT2D eigenvalue weighted by Crippen LogP contribution is 2.73. The summed E-state index contributed by atoms with van der Waals surface area (Å²) in [6.07, 6.45) is -27.7. The van der Waals surface area contributed by atoms with E-state index in [9.17, 15) is 59.4 Å². The zero-order chi connectivity index (χ0) is 125. The quantitative estimate of drug-likeness (QED) is 0.107. The van der Waals surface area contributed by atoms with E-state index in [0.29, 0.717) is 114 Å². The summed E-state index contributed by atoms with van der Waals surface area (Å²) in [6.45, 7) is -3.25. The molecule has 12 fully saturated rings. The van der Waals surface area contributed by atoms with Crippen LogP contribution in [0.5, 0.6) is 69.0 Å².